The Labute approximate surface area is 147 Å². The lowest BCUT2D eigenvalue weighted by molar-refractivity contribution is 0.0716. The van der Waals surface area contributed by atoms with Crippen molar-refractivity contribution in [3.05, 3.63) is 59.4 Å². The van der Waals surface area contributed by atoms with E-state index < -0.39 is 6.10 Å². The van der Waals surface area contributed by atoms with Crippen molar-refractivity contribution in [2.75, 3.05) is 6.61 Å². The van der Waals surface area contributed by atoms with Gasteiger partial charge >= 0.3 is 0 Å². The first-order valence-corrected chi connectivity index (χ1v) is 8.62. The summed E-state index contributed by atoms with van der Waals surface area (Å²) in [5.74, 6) is 0.316. The molecule has 1 saturated carbocycles. The van der Waals surface area contributed by atoms with Crippen LogP contribution in [0.2, 0.25) is 0 Å². The van der Waals surface area contributed by atoms with Gasteiger partial charge in [0.25, 0.3) is 0 Å². The Morgan fingerprint density at radius 3 is 2.84 bits per heavy atom. The number of nitrogens with zero attached hydrogens (tertiary/aromatic N) is 2. The summed E-state index contributed by atoms with van der Waals surface area (Å²) in [5, 5.41) is 23.4. The fourth-order valence-electron chi connectivity index (χ4n) is 3.74. The van der Waals surface area contributed by atoms with Crippen LogP contribution in [0.3, 0.4) is 0 Å². The Morgan fingerprint density at radius 2 is 2.12 bits per heavy atom. The number of hydrogen-bond donors (Lipinski definition) is 3. The van der Waals surface area contributed by atoms with Gasteiger partial charge in [0, 0.05) is 37.0 Å². The van der Waals surface area contributed by atoms with Crippen LogP contribution in [0.15, 0.2) is 36.5 Å². The van der Waals surface area contributed by atoms with Crippen molar-refractivity contribution in [1.29, 1.82) is 0 Å². The van der Waals surface area contributed by atoms with Crippen LogP contribution in [-0.4, -0.2) is 38.9 Å². The summed E-state index contributed by atoms with van der Waals surface area (Å²) in [6.45, 7) is 2.30. The molecule has 0 bridgehead atoms. The van der Waals surface area contributed by atoms with E-state index in [-0.39, 0.29) is 30.3 Å². The molecule has 1 aromatic carbocycles. The number of aliphatic hydroxyl groups excluding tert-OH is 2. The quantitative estimate of drug-likeness (QED) is 0.741. The molecule has 6 heteroatoms. The summed E-state index contributed by atoms with van der Waals surface area (Å²) in [6.07, 6.45) is 2.40. The Bertz CT molecular complexity index is 713. The molecule has 1 fully saturated rings. The maximum absolute atomic E-state index is 13.3. The molecular weight excluding hydrogens is 321 g/mol. The summed E-state index contributed by atoms with van der Waals surface area (Å²) in [7, 11) is 0. The molecule has 1 aliphatic rings. The summed E-state index contributed by atoms with van der Waals surface area (Å²) >= 11 is 0. The van der Waals surface area contributed by atoms with Crippen LogP contribution < -0.4 is 5.32 Å². The molecule has 4 unspecified atom stereocenters. The zero-order chi connectivity index (χ0) is 17.8. The number of halogens is 1. The van der Waals surface area contributed by atoms with Crippen molar-refractivity contribution < 1.29 is 14.6 Å². The Morgan fingerprint density at radius 1 is 1.28 bits per heavy atom. The highest BCUT2D eigenvalue weighted by molar-refractivity contribution is 5.16. The molecule has 25 heavy (non-hydrogen) atoms. The first-order chi connectivity index (χ1) is 12.1. The van der Waals surface area contributed by atoms with E-state index >= 15 is 0 Å². The largest absolute Gasteiger partial charge is 0.396 e. The molecule has 134 valence electrons. The van der Waals surface area contributed by atoms with E-state index in [1.54, 1.807) is 12.3 Å². The third kappa shape index (κ3) is 4.39. The average molecular weight is 345 g/mol. The minimum atomic E-state index is -0.553. The van der Waals surface area contributed by atoms with Crippen LogP contribution in [0, 0.1) is 24.6 Å². The van der Waals surface area contributed by atoms with E-state index in [9.17, 15) is 14.6 Å². The highest BCUT2D eigenvalue weighted by Gasteiger charge is 2.41. The van der Waals surface area contributed by atoms with Gasteiger partial charge in [-0.15, -0.1) is 0 Å². The summed E-state index contributed by atoms with van der Waals surface area (Å²) in [5.41, 5.74) is 1.76. The lowest BCUT2D eigenvalue weighted by Crippen LogP contribution is -2.36. The normalized spacial score (nSPS) is 26.1. The second-order valence-electron chi connectivity index (χ2n) is 6.73. The zero-order valence-electron chi connectivity index (χ0n) is 14.3. The number of benzene rings is 1. The lowest BCUT2D eigenvalue weighted by atomic mass is 9.88. The third-order valence-corrected chi connectivity index (χ3v) is 5.00. The molecule has 0 aliphatic heterocycles. The van der Waals surface area contributed by atoms with Gasteiger partial charge in [-0.3, -0.25) is 0 Å². The number of nitrogens with one attached hydrogen (secondary N) is 1. The molecule has 3 rings (SSSR count). The maximum Gasteiger partial charge on any atom is 0.125 e. The number of aliphatic hydroxyl groups is 2. The van der Waals surface area contributed by atoms with Gasteiger partial charge < -0.3 is 15.5 Å². The van der Waals surface area contributed by atoms with Gasteiger partial charge in [0.1, 0.15) is 11.6 Å². The van der Waals surface area contributed by atoms with Gasteiger partial charge in [-0.25, -0.2) is 14.4 Å². The number of rotatable bonds is 6. The monoisotopic (exact) mass is 345 g/mol. The lowest BCUT2D eigenvalue weighted by Gasteiger charge is -2.25. The SMILES string of the molecule is Cc1nccc(CC2C(NCc3cccc(F)c3)CC(O)C2CO)n1. The number of aromatic nitrogens is 2. The Balaban J connectivity index is 1.71. The van der Waals surface area contributed by atoms with Crippen molar-refractivity contribution in [3.8, 4) is 0 Å². The van der Waals surface area contributed by atoms with E-state index in [0.717, 1.165) is 11.3 Å². The second-order valence-corrected chi connectivity index (χ2v) is 6.73. The molecular formula is C19H24FN3O2. The topological polar surface area (TPSA) is 78.3 Å². The maximum atomic E-state index is 13.3. The number of aryl methyl sites for hydroxylation is 1. The predicted octanol–water partition coefficient (Wildman–Crippen LogP) is 1.61. The van der Waals surface area contributed by atoms with Gasteiger partial charge in [-0.2, -0.15) is 0 Å². The van der Waals surface area contributed by atoms with Crippen molar-refractivity contribution in [1.82, 2.24) is 15.3 Å². The fourth-order valence-corrected chi connectivity index (χ4v) is 3.74. The summed E-state index contributed by atoms with van der Waals surface area (Å²) in [6, 6.07) is 8.39. The van der Waals surface area contributed by atoms with Gasteiger partial charge in [0.05, 0.1) is 6.10 Å². The molecule has 0 spiro atoms. The molecule has 4 atom stereocenters. The molecule has 1 aromatic heterocycles. The van der Waals surface area contributed by atoms with E-state index in [0.29, 0.717) is 25.2 Å². The molecule has 2 aromatic rings. The molecule has 5 nitrogen and oxygen atoms in total. The van der Waals surface area contributed by atoms with E-state index in [4.69, 9.17) is 0 Å². The van der Waals surface area contributed by atoms with Crippen LogP contribution in [-0.2, 0) is 13.0 Å². The van der Waals surface area contributed by atoms with Crippen LogP contribution in [0.1, 0.15) is 23.5 Å². The van der Waals surface area contributed by atoms with Crippen LogP contribution in [0.5, 0.6) is 0 Å². The number of hydrogen-bond acceptors (Lipinski definition) is 5. The van der Waals surface area contributed by atoms with Gasteiger partial charge in [0.15, 0.2) is 0 Å². The molecule has 0 amide bonds. The molecule has 0 saturated heterocycles. The zero-order valence-corrected chi connectivity index (χ0v) is 14.3. The Hall–Kier alpha value is -1.89. The molecule has 0 radical (unpaired) electrons. The Kier molecular flexibility index (Phi) is 5.73. The highest BCUT2D eigenvalue weighted by atomic mass is 19.1. The van der Waals surface area contributed by atoms with Crippen LogP contribution >= 0.6 is 0 Å². The summed E-state index contributed by atoms with van der Waals surface area (Å²) in [4.78, 5) is 8.55. The molecule has 1 aliphatic carbocycles. The second kappa shape index (κ2) is 7.99. The van der Waals surface area contributed by atoms with Crippen molar-refractivity contribution in [2.24, 2.45) is 11.8 Å². The first-order valence-electron chi connectivity index (χ1n) is 8.62. The van der Waals surface area contributed by atoms with Crippen LogP contribution in [0.25, 0.3) is 0 Å². The van der Waals surface area contributed by atoms with E-state index in [1.807, 2.05) is 19.1 Å². The summed E-state index contributed by atoms with van der Waals surface area (Å²) < 4.78 is 13.3. The highest BCUT2D eigenvalue weighted by Crippen LogP contribution is 2.34. The van der Waals surface area contributed by atoms with Crippen molar-refractivity contribution >= 4 is 0 Å². The van der Waals surface area contributed by atoms with Crippen molar-refractivity contribution in [3.63, 3.8) is 0 Å². The van der Waals surface area contributed by atoms with E-state index in [1.165, 1.54) is 12.1 Å². The van der Waals surface area contributed by atoms with Crippen molar-refractivity contribution in [2.45, 2.75) is 38.5 Å². The minimum Gasteiger partial charge on any atom is -0.396 e. The van der Waals surface area contributed by atoms with Gasteiger partial charge in [0.2, 0.25) is 0 Å². The molecule has 3 N–H and O–H groups in total. The molecule has 1 heterocycles. The van der Waals surface area contributed by atoms with Crippen LogP contribution in [0.4, 0.5) is 4.39 Å². The standard InChI is InChI=1S/C19H24FN3O2/c1-12-21-6-5-15(23-12)8-16-17(11-24)19(25)9-18(16)22-10-13-3-2-4-14(20)7-13/h2-7,16-19,22,24-25H,8-11H2,1H3. The van der Waals surface area contributed by atoms with Gasteiger partial charge in [-0.05, 0) is 49.4 Å². The third-order valence-electron chi connectivity index (χ3n) is 5.00. The average Bonchev–Trinajstić information content (AvgIpc) is 2.88. The first kappa shape index (κ1) is 17.9. The smallest absolute Gasteiger partial charge is 0.125 e. The predicted molar refractivity (Wildman–Crippen MR) is 92.2 cm³/mol. The minimum absolute atomic E-state index is 0.0330. The van der Waals surface area contributed by atoms with Gasteiger partial charge in [-0.1, -0.05) is 12.1 Å². The fraction of sp³-hybridized carbons (Fsp3) is 0.474. The van der Waals surface area contributed by atoms with E-state index in [2.05, 4.69) is 15.3 Å².